The number of hydrogen-bond donors (Lipinski definition) is 0. The topological polar surface area (TPSA) is 29.5 Å². The van der Waals surface area contributed by atoms with Gasteiger partial charge in [0.25, 0.3) is 0 Å². The van der Waals surface area contributed by atoms with E-state index in [2.05, 4.69) is 11.8 Å². The van der Waals surface area contributed by atoms with Crippen molar-refractivity contribution in [1.82, 2.24) is 4.90 Å². The SMILES string of the molecule is CCCN(CC1CC1)CC(C)C(=O)OCC. The molecule has 1 atom stereocenters. The van der Waals surface area contributed by atoms with E-state index in [0.29, 0.717) is 6.61 Å². The molecule has 0 amide bonds. The first-order valence-electron chi connectivity index (χ1n) is 6.56. The zero-order valence-corrected chi connectivity index (χ0v) is 10.9. The molecule has 1 fully saturated rings. The summed E-state index contributed by atoms with van der Waals surface area (Å²) in [6, 6.07) is 0. The van der Waals surface area contributed by atoms with E-state index in [1.165, 1.54) is 12.8 Å². The van der Waals surface area contributed by atoms with Gasteiger partial charge in [-0.15, -0.1) is 0 Å². The van der Waals surface area contributed by atoms with Crippen LogP contribution in [0.1, 0.15) is 40.0 Å². The standard InChI is InChI=1S/C13H25NO2/c1-4-8-14(10-12-6-7-12)9-11(3)13(15)16-5-2/h11-12H,4-10H2,1-3H3. The molecule has 0 aromatic heterocycles. The van der Waals surface area contributed by atoms with Crippen LogP contribution in [0, 0.1) is 11.8 Å². The minimum atomic E-state index is -0.0561. The highest BCUT2D eigenvalue weighted by Gasteiger charge is 2.26. The Bertz CT molecular complexity index is 214. The first-order chi connectivity index (χ1) is 7.67. The quantitative estimate of drug-likeness (QED) is 0.596. The molecular formula is C13H25NO2. The third kappa shape index (κ3) is 4.97. The summed E-state index contributed by atoms with van der Waals surface area (Å²) in [5, 5.41) is 0. The Morgan fingerprint density at radius 1 is 1.44 bits per heavy atom. The van der Waals surface area contributed by atoms with Crippen molar-refractivity contribution in [2.45, 2.75) is 40.0 Å². The molecule has 1 aliphatic carbocycles. The van der Waals surface area contributed by atoms with Crippen molar-refractivity contribution in [3.05, 3.63) is 0 Å². The summed E-state index contributed by atoms with van der Waals surface area (Å²) in [6.07, 6.45) is 3.89. The van der Waals surface area contributed by atoms with Crippen molar-refractivity contribution in [1.29, 1.82) is 0 Å². The van der Waals surface area contributed by atoms with Gasteiger partial charge in [0.1, 0.15) is 0 Å². The molecule has 0 radical (unpaired) electrons. The predicted molar refractivity (Wildman–Crippen MR) is 65.3 cm³/mol. The van der Waals surface area contributed by atoms with Crippen molar-refractivity contribution in [2.75, 3.05) is 26.2 Å². The fourth-order valence-electron chi connectivity index (χ4n) is 1.99. The summed E-state index contributed by atoms with van der Waals surface area (Å²) >= 11 is 0. The number of nitrogens with zero attached hydrogens (tertiary/aromatic N) is 1. The Morgan fingerprint density at radius 3 is 2.62 bits per heavy atom. The first-order valence-corrected chi connectivity index (χ1v) is 6.56. The highest BCUT2D eigenvalue weighted by molar-refractivity contribution is 5.72. The van der Waals surface area contributed by atoms with Gasteiger partial charge in [-0.3, -0.25) is 4.79 Å². The van der Waals surface area contributed by atoms with Crippen LogP contribution in [-0.2, 0) is 9.53 Å². The van der Waals surface area contributed by atoms with Gasteiger partial charge in [-0.1, -0.05) is 13.8 Å². The molecule has 0 heterocycles. The molecule has 0 saturated heterocycles. The lowest BCUT2D eigenvalue weighted by molar-refractivity contribution is -0.148. The summed E-state index contributed by atoms with van der Waals surface area (Å²) in [5.41, 5.74) is 0. The molecule has 0 N–H and O–H groups in total. The van der Waals surface area contributed by atoms with Crippen molar-refractivity contribution in [2.24, 2.45) is 11.8 Å². The smallest absolute Gasteiger partial charge is 0.309 e. The van der Waals surface area contributed by atoms with E-state index in [0.717, 1.165) is 32.0 Å². The zero-order chi connectivity index (χ0) is 12.0. The van der Waals surface area contributed by atoms with Crippen LogP contribution in [-0.4, -0.2) is 37.1 Å². The van der Waals surface area contributed by atoms with Gasteiger partial charge in [0, 0.05) is 13.1 Å². The number of ether oxygens (including phenoxy) is 1. The molecule has 1 rings (SSSR count). The van der Waals surface area contributed by atoms with E-state index in [4.69, 9.17) is 4.74 Å². The van der Waals surface area contributed by atoms with E-state index in [-0.39, 0.29) is 11.9 Å². The Labute approximate surface area is 99.1 Å². The van der Waals surface area contributed by atoms with Crippen LogP contribution in [0.15, 0.2) is 0 Å². The lowest BCUT2D eigenvalue weighted by Gasteiger charge is -2.24. The monoisotopic (exact) mass is 227 g/mol. The molecule has 16 heavy (non-hydrogen) atoms. The summed E-state index contributed by atoms with van der Waals surface area (Å²) < 4.78 is 5.04. The third-order valence-electron chi connectivity index (χ3n) is 2.97. The Kier molecular flexibility index (Phi) is 5.81. The molecule has 94 valence electrons. The van der Waals surface area contributed by atoms with Crippen LogP contribution in [0.4, 0.5) is 0 Å². The lowest BCUT2D eigenvalue weighted by atomic mass is 10.1. The van der Waals surface area contributed by atoms with Gasteiger partial charge in [-0.05, 0) is 38.6 Å². The van der Waals surface area contributed by atoms with Crippen LogP contribution in [0.25, 0.3) is 0 Å². The van der Waals surface area contributed by atoms with Crippen molar-refractivity contribution >= 4 is 5.97 Å². The van der Waals surface area contributed by atoms with Gasteiger partial charge in [-0.2, -0.15) is 0 Å². The summed E-state index contributed by atoms with van der Waals surface area (Å²) in [5.74, 6) is 0.839. The van der Waals surface area contributed by atoms with E-state index in [1.54, 1.807) is 0 Å². The number of esters is 1. The number of carbonyl (C=O) groups excluding carboxylic acids is 1. The van der Waals surface area contributed by atoms with E-state index >= 15 is 0 Å². The molecule has 1 aliphatic rings. The minimum Gasteiger partial charge on any atom is -0.466 e. The second-order valence-corrected chi connectivity index (χ2v) is 4.86. The first kappa shape index (κ1) is 13.5. The number of rotatable bonds is 8. The predicted octanol–water partition coefficient (Wildman–Crippen LogP) is 2.31. The van der Waals surface area contributed by atoms with Crippen LogP contribution < -0.4 is 0 Å². The molecule has 0 aliphatic heterocycles. The van der Waals surface area contributed by atoms with E-state index < -0.39 is 0 Å². The largest absolute Gasteiger partial charge is 0.466 e. The maximum absolute atomic E-state index is 11.5. The van der Waals surface area contributed by atoms with Gasteiger partial charge in [0.2, 0.25) is 0 Å². The maximum Gasteiger partial charge on any atom is 0.309 e. The Balaban J connectivity index is 2.30. The normalized spacial score (nSPS) is 17.5. The molecule has 1 saturated carbocycles. The van der Waals surface area contributed by atoms with Crippen LogP contribution in [0.5, 0.6) is 0 Å². The molecule has 0 aromatic rings. The zero-order valence-electron chi connectivity index (χ0n) is 10.9. The maximum atomic E-state index is 11.5. The van der Waals surface area contributed by atoms with Crippen molar-refractivity contribution in [3.8, 4) is 0 Å². The van der Waals surface area contributed by atoms with E-state index in [9.17, 15) is 4.79 Å². The number of carbonyl (C=O) groups is 1. The summed E-state index contributed by atoms with van der Waals surface area (Å²) in [4.78, 5) is 14.0. The molecule has 3 heteroatoms. The molecule has 0 aromatic carbocycles. The summed E-state index contributed by atoms with van der Waals surface area (Å²) in [6.45, 7) is 9.61. The highest BCUT2D eigenvalue weighted by atomic mass is 16.5. The lowest BCUT2D eigenvalue weighted by Crippen LogP contribution is -2.34. The van der Waals surface area contributed by atoms with Crippen molar-refractivity contribution < 1.29 is 9.53 Å². The Hall–Kier alpha value is -0.570. The fourth-order valence-corrected chi connectivity index (χ4v) is 1.99. The molecular weight excluding hydrogens is 202 g/mol. The molecule has 0 bridgehead atoms. The van der Waals surface area contributed by atoms with Crippen LogP contribution >= 0.6 is 0 Å². The van der Waals surface area contributed by atoms with Gasteiger partial charge < -0.3 is 9.64 Å². The van der Waals surface area contributed by atoms with Gasteiger partial charge in [0.05, 0.1) is 12.5 Å². The second-order valence-electron chi connectivity index (χ2n) is 4.86. The average Bonchev–Trinajstić information content (AvgIpc) is 3.02. The van der Waals surface area contributed by atoms with E-state index in [1.807, 2.05) is 13.8 Å². The Morgan fingerprint density at radius 2 is 2.12 bits per heavy atom. The van der Waals surface area contributed by atoms with Gasteiger partial charge in [-0.25, -0.2) is 0 Å². The number of hydrogen-bond acceptors (Lipinski definition) is 3. The minimum absolute atomic E-state index is 0.00486. The van der Waals surface area contributed by atoms with Crippen LogP contribution in [0.2, 0.25) is 0 Å². The van der Waals surface area contributed by atoms with Crippen LogP contribution in [0.3, 0.4) is 0 Å². The average molecular weight is 227 g/mol. The molecule has 3 nitrogen and oxygen atoms in total. The highest BCUT2D eigenvalue weighted by Crippen LogP contribution is 2.29. The second kappa shape index (κ2) is 6.89. The third-order valence-corrected chi connectivity index (χ3v) is 2.97. The molecule has 0 spiro atoms. The summed E-state index contributed by atoms with van der Waals surface area (Å²) in [7, 11) is 0. The van der Waals surface area contributed by atoms with Crippen molar-refractivity contribution in [3.63, 3.8) is 0 Å². The van der Waals surface area contributed by atoms with Gasteiger partial charge >= 0.3 is 5.97 Å². The fraction of sp³-hybridized carbons (Fsp3) is 0.923. The van der Waals surface area contributed by atoms with Gasteiger partial charge in [0.15, 0.2) is 0 Å². The molecule has 1 unspecified atom stereocenters.